The first kappa shape index (κ1) is 13.5. The van der Waals surface area contributed by atoms with Crippen LogP contribution in [0.15, 0.2) is 28.1 Å². The number of rotatable bonds is 2. The fourth-order valence-electron chi connectivity index (χ4n) is 1.65. The van der Waals surface area contributed by atoms with E-state index < -0.39 is 6.10 Å². The Morgan fingerprint density at radius 1 is 1.29 bits per heavy atom. The first-order valence-corrected chi connectivity index (χ1v) is 7.88. The maximum atomic E-state index is 10.4. The summed E-state index contributed by atoms with van der Waals surface area (Å²) in [5.74, 6) is 0. The quantitative estimate of drug-likeness (QED) is 0.688. The monoisotopic (exact) mass is 422 g/mol. The van der Waals surface area contributed by atoms with Gasteiger partial charge in [0, 0.05) is 8.45 Å². The van der Waals surface area contributed by atoms with Gasteiger partial charge in [0.2, 0.25) is 0 Å². The number of benzene rings is 1. The molecule has 0 fully saturated rings. The summed E-state index contributed by atoms with van der Waals surface area (Å²) in [6.07, 6.45) is -0.531. The van der Waals surface area contributed by atoms with E-state index in [1.165, 1.54) is 11.1 Å². The van der Waals surface area contributed by atoms with Crippen molar-refractivity contribution in [3.63, 3.8) is 0 Å². The van der Waals surface area contributed by atoms with Crippen LogP contribution in [0.5, 0.6) is 0 Å². The van der Waals surface area contributed by atoms with Crippen LogP contribution in [0.2, 0.25) is 0 Å². The van der Waals surface area contributed by atoms with Gasteiger partial charge in [0.25, 0.3) is 0 Å². The molecule has 0 radical (unpaired) electrons. The molecule has 0 aliphatic heterocycles. The van der Waals surface area contributed by atoms with Crippen molar-refractivity contribution in [2.24, 2.45) is 0 Å². The molecule has 17 heavy (non-hydrogen) atoms. The van der Waals surface area contributed by atoms with Gasteiger partial charge >= 0.3 is 0 Å². The van der Waals surface area contributed by atoms with Gasteiger partial charge in [-0.3, -0.25) is 0 Å². The minimum Gasteiger partial charge on any atom is -0.383 e. The molecule has 1 aromatic heterocycles. The molecule has 0 aliphatic rings. The van der Waals surface area contributed by atoms with Crippen LogP contribution in [0.25, 0.3) is 0 Å². The zero-order valence-electron chi connectivity index (χ0n) is 9.50. The van der Waals surface area contributed by atoms with Crippen molar-refractivity contribution in [3.8, 4) is 0 Å². The molecule has 1 aromatic carbocycles. The number of aryl methyl sites for hydroxylation is 2. The van der Waals surface area contributed by atoms with E-state index in [-0.39, 0.29) is 0 Å². The van der Waals surface area contributed by atoms with Gasteiger partial charge in [0.1, 0.15) is 6.10 Å². The van der Waals surface area contributed by atoms with Gasteiger partial charge in [-0.25, -0.2) is 0 Å². The molecule has 4 heteroatoms. The second-order valence-corrected chi connectivity index (χ2v) is 7.47. The average Bonchev–Trinajstić information content (AvgIpc) is 2.62. The molecule has 2 rings (SSSR count). The van der Waals surface area contributed by atoms with Crippen LogP contribution in [-0.4, -0.2) is 5.11 Å². The van der Waals surface area contributed by atoms with Crippen LogP contribution in [0.1, 0.15) is 27.7 Å². The largest absolute Gasteiger partial charge is 0.383 e. The number of halogens is 2. The molecule has 1 unspecified atom stereocenters. The fourth-order valence-corrected chi connectivity index (χ4v) is 3.88. The predicted molar refractivity (Wildman–Crippen MR) is 84.7 cm³/mol. The highest BCUT2D eigenvalue weighted by Gasteiger charge is 2.17. The maximum absolute atomic E-state index is 10.4. The van der Waals surface area contributed by atoms with Crippen molar-refractivity contribution in [3.05, 3.63) is 53.2 Å². The summed E-state index contributed by atoms with van der Waals surface area (Å²) in [6, 6.07) is 8.08. The van der Waals surface area contributed by atoms with E-state index in [2.05, 4.69) is 51.5 Å². The van der Waals surface area contributed by atoms with Gasteiger partial charge in [-0.1, -0.05) is 18.2 Å². The van der Waals surface area contributed by atoms with E-state index in [1.54, 1.807) is 11.3 Å². The molecule has 2 aromatic rings. The third kappa shape index (κ3) is 2.75. The van der Waals surface area contributed by atoms with E-state index in [4.69, 9.17) is 0 Å². The SMILES string of the molecule is Cc1cc(C(O)c2cccc(C)c2I)sc1Br. The minimum absolute atomic E-state index is 0.531. The zero-order valence-corrected chi connectivity index (χ0v) is 14.1. The molecule has 0 aliphatic carbocycles. The molecule has 0 amide bonds. The number of aliphatic hydroxyl groups excluding tert-OH is 1. The summed E-state index contributed by atoms with van der Waals surface area (Å²) in [7, 11) is 0. The van der Waals surface area contributed by atoms with Crippen LogP contribution >= 0.6 is 49.9 Å². The van der Waals surface area contributed by atoms with Crippen molar-refractivity contribution >= 4 is 49.9 Å². The Hall–Kier alpha value is 0.0900. The highest BCUT2D eigenvalue weighted by atomic mass is 127. The van der Waals surface area contributed by atoms with Crippen molar-refractivity contribution in [1.29, 1.82) is 0 Å². The van der Waals surface area contributed by atoms with Crippen molar-refractivity contribution in [2.75, 3.05) is 0 Å². The molecular formula is C13H12BrIOS. The van der Waals surface area contributed by atoms with Crippen molar-refractivity contribution in [1.82, 2.24) is 0 Å². The Morgan fingerprint density at radius 3 is 2.59 bits per heavy atom. The Bertz CT molecular complexity index is 531. The van der Waals surface area contributed by atoms with Crippen molar-refractivity contribution < 1.29 is 5.11 Å². The average molecular weight is 423 g/mol. The molecule has 1 atom stereocenters. The minimum atomic E-state index is -0.531. The van der Waals surface area contributed by atoms with Crippen LogP contribution in [0.3, 0.4) is 0 Å². The zero-order chi connectivity index (χ0) is 12.6. The fraction of sp³-hybridized carbons (Fsp3) is 0.231. The van der Waals surface area contributed by atoms with E-state index in [0.29, 0.717) is 0 Å². The molecule has 1 nitrogen and oxygen atoms in total. The molecule has 1 N–H and O–H groups in total. The van der Waals surface area contributed by atoms with Crippen LogP contribution in [0, 0.1) is 17.4 Å². The Balaban J connectivity index is 2.43. The normalized spacial score (nSPS) is 12.8. The van der Waals surface area contributed by atoms with E-state index in [0.717, 1.165) is 17.8 Å². The summed E-state index contributed by atoms with van der Waals surface area (Å²) < 4.78 is 2.23. The Kier molecular flexibility index (Phi) is 4.28. The van der Waals surface area contributed by atoms with Crippen molar-refractivity contribution in [2.45, 2.75) is 20.0 Å². The van der Waals surface area contributed by atoms with Gasteiger partial charge in [0.15, 0.2) is 0 Å². The van der Waals surface area contributed by atoms with Crippen LogP contribution in [-0.2, 0) is 0 Å². The predicted octanol–water partition coefficient (Wildman–Crippen LogP) is 4.81. The smallest absolute Gasteiger partial charge is 0.114 e. The Morgan fingerprint density at radius 2 is 2.00 bits per heavy atom. The lowest BCUT2D eigenvalue weighted by Crippen LogP contribution is -2.01. The third-order valence-electron chi connectivity index (χ3n) is 2.66. The summed E-state index contributed by atoms with van der Waals surface area (Å²) in [5.41, 5.74) is 3.36. The number of aliphatic hydroxyl groups is 1. The standard InChI is InChI=1S/C13H12BrIOS/c1-7-4-3-5-9(11(7)15)12(16)10-6-8(2)13(14)17-10/h3-6,12,16H,1-2H3. The van der Waals surface area contributed by atoms with E-state index in [1.807, 2.05) is 25.1 Å². The number of hydrogen-bond acceptors (Lipinski definition) is 2. The lowest BCUT2D eigenvalue weighted by Gasteiger charge is -2.12. The second kappa shape index (κ2) is 5.38. The summed E-state index contributed by atoms with van der Waals surface area (Å²) in [5, 5.41) is 10.4. The van der Waals surface area contributed by atoms with E-state index in [9.17, 15) is 5.11 Å². The molecule has 90 valence electrons. The molecule has 0 saturated carbocycles. The molecule has 0 bridgehead atoms. The molecular weight excluding hydrogens is 411 g/mol. The molecule has 1 heterocycles. The van der Waals surface area contributed by atoms with Gasteiger partial charge in [-0.2, -0.15) is 0 Å². The van der Waals surface area contributed by atoms with Gasteiger partial charge < -0.3 is 5.11 Å². The first-order chi connectivity index (χ1) is 8.00. The summed E-state index contributed by atoms with van der Waals surface area (Å²) >= 11 is 7.39. The highest BCUT2D eigenvalue weighted by molar-refractivity contribution is 14.1. The lowest BCUT2D eigenvalue weighted by molar-refractivity contribution is 0.223. The number of thiophene rings is 1. The number of hydrogen-bond donors (Lipinski definition) is 1. The Labute approximate surface area is 127 Å². The van der Waals surface area contributed by atoms with Gasteiger partial charge in [-0.05, 0) is 75.1 Å². The van der Waals surface area contributed by atoms with E-state index >= 15 is 0 Å². The third-order valence-corrected chi connectivity index (χ3v) is 6.32. The van der Waals surface area contributed by atoms with Gasteiger partial charge in [-0.15, -0.1) is 11.3 Å². The topological polar surface area (TPSA) is 20.2 Å². The first-order valence-electron chi connectivity index (χ1n) is 5.19. The lowest BCUT2D eigenvalue weighted by atomic mass is 10.1. The summed E-state index contributed by atoms with van der Waals surface area (Å²) in [6.45, 7) is 4.10. The summed E-state index contributed by atoms with van der Waals surface area (Å²) in [4.78, 5) is 0.984. The highest BCUT2D eigenvalue weighted by Crippen LogP contribution is 2.36. The van der Waals surface area contributed by atoms with Crippen LogP contribution < -0.4 is 0 Å². The second-order valence-electron chi connectivity index (χ2n) is 3.99. The maximum Gasteiger partial charge on any atom is 0.114 e. The van der Waals surface area contributed by atoms with Crippen LogP contribution in [0.4, 0.5) is 0 Å². The van der Waals surface area contributed by atoms with Gasteiger partial charge in [0.05, 0.1) is 3.79 Å². The molecule has 0 saturated heterocycles. The molecule has 0 spiro atoms.